The highest BCUT2D eigenvalue weighted by atomic mass is 19.3. The highest BCUT2D eigenvalue weighted by Crippen LogP contribution is 2.31. The van der Waals surface area contributed by atoms with Crippen molar-refractivity contribution in [3.05, 3.63) is 23.8 Å². The molecule has 2 heterocycles. The van der Waals surface area contributed by atoms with Gasteiger partial charge in [-0.15, -0.1) is 0 Å². The number of nitrogens with two attached hydrogens (primary N) is 1. The smallest absolute Gasteiger partial charge is 0.250 e. The maximum Gasteiger partial charge on any atom is 0.250 e. The second kappa shape index (κ2) is 5.24. The van der Waals surface area contributed by atoms with Crippen LogP contribution in [0.4, 0.5) is 8.78 Å². The molecule has 2 N–H and O–H groups in total. The van der Waals surface area contributed by atoms with E-state index in [4.69, 9.17) is 5.73 Å². The first-order valence-corrected chi connectivity index (χ1v) is 6.12. The Hall–Kier alpha value is -1.14. The normalized spacial score (nSPS) is 21.8. The zero-order valence-corrected chi connectivity index (χ0v) is 10.4. The van der Waals surface area contributed by atoms with E-state index >= 15 is 0 Å². The van der Waals surface area contributed by atoms with Crippen molar-refractivity contribution in [2.24, 2.45) is 5.73 Å². The lowest BCUT2D eigenvalue weighted by Crippen LogP contribution is -2.43. The molecule has 1 aromatic heterocycles. The van der Waals surface area contributed by atoms with Gasteiger partial charge in [0.25, 0.3) is 5.92 Å². The largest absolute Gasteiger partial charge is 0.329 e. The predicted octanol–water partition coefficient (Wildman–Crippen LogP) is 1.52. The summed E-state index contributed by atoms with van der Waals surface area (Å²) in [5, 5.41) is 0. The summed E-state index contributed by atoms with van der Waals surface area (Å²) in [6, 6.07) is -0.0679. The first-order chi connectivity index (χ1) is 8.52. The molecular formula is C12H18F2N4. The summed E-state index contributed by atoms with van der Waals surface area (Å²) >= 11 is 0. The van der Waals surface area contributed by atoms with Gasteiger partial charge in [-0.3, -0.25) is 4.90 Å². The molecule has 4 nitrogen and oxygen atoms in total. The van der Waals surface area contributed by atoms with E-state index in [-0.39, 0.29) is 18.9 Å². The number of aryl methyl sites for hydroxylation is 1. The molecule has 0 spiro atoms. The van der Waals surface area contributed by atoms with Gasteiger partial charge >= 0.3 is 0 Å². The minimum atomic E-state index is -2.53. The van der Waals surface area contributed by atoms with Crippen molar-refractivity contribution in [2.75, 3.05) is 19.6 Å². The van der Waals surface area contributed by atoms with E-state index in [1.165, 1.54) is 0 Å². The van der Waals surface area contributed by atoms with Crippen molar-refractivity contribution < 1.29 is 8.78 Å². The van der Waals surface area contributed by atoms with Crippen molar-refractivity contribution in [3.8, 4) is 0 Å². The number of aromatic nitrogens is 2. The average molecular weight is 256 g/mol. The van der Waals surface area contributed by atoms with Gasteiger partial charge in [0.2, 0.25) is 0 Å². The van der Waals surface area contributed by atoms with Crippen molar-refractivity contribution in [3.63, 3.8) is 0 Å². The number of likely N-dealkylation sites (tertiary alicyclic amines) is 1. The van der Waals surface area contributed by atoms with Crippen LogP contribution in [0.2, 0.25) is 0 Å². The number of hydrogen-bond acceptors (Lipinski definition) is 4. The lowest BCUT2D eigenvalue weighted by molar-refractivity contribution is -0.0627. The van der Waals surface area contributed by atoms with Gasteiger partial charge in [0.15, 0.2) is 0 Å². The van der Waals surface area contributed by atoms with E-state index in [1.54, 1.807) is 12.4 Å². The third kappa shape index (κ3) is 3.00. The lowest BCUT2D eigenvalue weighted by Gasteiger charge is -2.36. The second-order valence-electron chi connectivity index (χ2n) is 4.71. The monoisotopic (exact) mass is 256 g/mol. The molecule has 1 aliphatic heterocycles. The third-order valence-electron chi connectivity index (χ3n) is 3.38. The van der Waals surface area contributed by atoms with Crippen LogP contribution in [-0.4, -0.2) is 40.4 Å². The van der Waals surface area contributed by atoms with Gasteiger partial charge < -0.3 is 5.73 Å². The van der Waals surface area contributed by atoms with Crippen LogP contribution in [0.5, 0.6) is 0 Å². The van der Waals surface area contributed by atoms with Gasteiger partial charge in [-0.25, -0.2) is 18.7 Å². The minimum absolute atomic E-state index is 0.0679. The Morgan fingerprint density at radius 3 is 2.39 bits per heavy atom. The molecule has 0 radical (unpaired) electrons. The van der Waals surface area contributed by atoms with Gasteiger partial charge in [-0.2, -0.15) is 0 Å². The highest BCUT2D eigenvalue weighted by molar-refractivity contribution is 5.12. The first-order valence-electron chi connectivity index (χ1n) is 6.12. The molecule has 1 saturated heterocycles. The number of rotatable bonds is 3. The van der Waals surface area contributed by atoms with Crippen LogP contribution in [0, 0.1) is 6.92 Å². The van der Waals surface area contributed by atoms with Crippen LogP contribution in [0.1, 0.15) is 30.3 Å². The summed E-state index contributed by atoms with van der Waals surface area (Å²) in [5.74, 6) is -1.83. The summed E-state index contributed by atoms with van der Waals surface area (Å²) in [4.78, 5) is 10.3. The van der Waals surface area contributed by atoms with Crippen LogP contribution in [0.15, 0.2) is 12.4 Å². The molecule has 6 heteroatoms. The minimum Gasteiger partial charge on any atom is -0.329 e. The van der Waals surface area contributed by atoms with Crippen LogP contribution < -0.4 is 5.73 Å². The van der Waals surface area contributed by atoms with Crippen molar-refractivity contribution in [1.82, 2.24) is 14.9 Å². The standard InChI is InChI=1S/C12H18F2N4/c1-9-16-7-10(8-17-9)11(6-15)18-4-2-12(13,14)3-5-18/h7-8,11H,2-6,15H2,1H3/t11-/m0/s1. The predicted molar refractivity (Wildman–Crippen MR) is 64.3 cm³/mol. The molecule has 18 heavy (non-hydrogen) atoms. The zero-order chi connectivity index (χ0) is 13.2. The fourth-order valence-corrected chi connectivity index (χ4v) is 2.23. The lowest BCUT2D eigenvalue weighted by atomic mass is 10.0. The molecule has 1 aromatic rings. The summed E-state index contributed by atoms with van der Waals surface area (Å²) in [6.45, 7) is 2.92. The van der Waals surface area contributed by atoms with E-state index < -0.39 is 5.92 Å². The van der Waals surface area contributed by atoms with Crippen LogP contribution in [-0.2, 0) is 0 Å². The van der Waals surface area contributed by atoms with E-state index in [0.29, 0.717) is 25.5 Å². The number of hydrogen-bond donors (Lipinski definition) is 1. The summed E-state index contributed by atoms with van der Waals surface area (Å²) < 4.78 is 26.2. The topological polar surface area (TPSA) is 55.0 Å². The third-order valence-corrected chi connectivity index (χ3v) is 3.38. The Balaban J connectivity index is 2.08. The highest BCUT2D eigenvalue weighted by Gasteiger charge is 2.36. The Bertz CT molecular complexity index is 384. The van der Waals surface area contributed by atoms with Crippen LogP contribution in [0.3, 0.4) is 0 Å². The van der Waals surface area contributed by atoms with E-state index in [2.05, 4.69) is 9.97 Å². The maximum atomic E-state index is 13.1. The fourth-order valence-electron chi connectivity index (χ4n) is 2.23. The van der Waals surface area contributed by atoms with Crippen molar-refractivity contribution in [1.29, 1.82) is 0 Å². The maximum absolute atomic E-state index is 13.1. The number of alkyl halides is 2. The molecule has 0 amide bonds. The zero-order valence-electron chi connectivity index (χ0n) is 10.4. The molecule has 0 saturated carbocycles. The molecule has 1 aliphatic rings. The van der Waals surface area contributed by atoms with Gasteiger partial charge in [-0.05, 0) is 6.92 Å². The van der Waals surface area contributed by atoms with Crippen molar-refractivity contribution in [2.45, 2.75) is 31.7 Å². The van der Waals surface area contributed by atoms with Crippen LogP contribution >= 0.6 is 0 Å². The summed E-state index contributed by atoms with van der Waals surface area (Å²) in [6.07, 6.45) is 3.26. The summed E-state index contributed by atoms with van der Waals surface area (Å²) in [7, 11) is 0. The molecule has 0 bridgehead atoms. The van der Waals surface area contributed by atoms with Crippen molar-refractivity contribution >= 4 is 0 Å². The number of piperidine rings is 1. The Labute approximate surface area is 105 Å². The Kier molecular flexibility index (Phi) is 3.87. The van der Waals surface area contributed by atoms with Gasteiger partial charge in [0.05, 0.1) is 6.04 Å². The number of halogens is 2. The first kappa shape index (κ1) is 13.3. The van der Waals surface area contributed by atoms with E-state index in [0.717, 1.165) is 5.56 Å². The molecule has 0 unspecified atom stereocenters. The molecule has 1 atom stereocenters. The molecule has 2 rings (SSSR count). The SMILES string of the molecule is Cc1ncc([C@H](CN)N2CCC(F)(F)CC2)cn1. The van der Waals surface area contributed by atoms with E-state index in [9.17, 15) is 8.78 Å². The molecule has 1 fully saturated rings. The average Bonchev–Trinajstić information content (AvgIpc) is 2.34. The molecule has 0 aromatic carbocycles. The Morgan fingerprint density at radius 2 is 1.89 bits per heavy atom. The number of nitrogens with zero attached hydrogens (tertiary/aromatic N) is 3. The van der Waals surface area contributed by atoms with Gasteiger partial charge in [-0.1, -0.05) is 0 Å². The quantitative estimate of drug-likeness (QED) is 0.890. The van der Waals surface area contributed by atoms with Gasteiger partial charge in [0.1, 0.15) is 5.82 Å². The van der Waals surface area contributed by atoms with Gasteiger partial charge in [0, 0.05) is 50.4 Å². The molecule has 0 aliphatic carbocycles. The molecule has 100 valence electrons. The second-order valence-corrected chi connectivity index (χ2v) is 4.71. The molecular weight excluding hydrogens is 238 g/mol. The Morgan fingerprint density at radius 1 is 1.33 bits per heavy atom. The van der Waals surface area contributed by atoms with Crippen LogP contribution in [0.25, 0.3) is 0 Å². The summed E-state index contributed by atoms with van der Waals surface area (Å²) in [5.41, 5.74) is 6.65. The fraction of sp³-hybridized carbons (Fsp3) is 0.667. The van der Waals surface area contributed by atoms with E-state index in [1.807, 2.05) is 11.8 Å².